The van der Waals surface area contributed by atoms with Crippen molar-refractivity contribution in [2.75, 3.05) is 5.73 Å². The van der Waals surface area contributed by atoms with Crippen LogP contribution in [0, 0.1) is 11.3 Å². The Hall–Kier alpha value is -1.57. The summed E-state index contributed by atoms with van der Waals surface area (Å²) in [5.41, 5.74) is 6.47. The van der Waals surface area contributed by atoms with Crippen molar-refractivity contribution in [3.05, 3.63) is 29.8 Å². The van der Waals surface area contributed by atoms with Gasteiger partial charge in [0.05, 0.1) is 18.6 Å². The number of aliphatic hydroxyl groups excluding tert-OH is 2. The van der Waals surface area contributed by atoms with Crippen LogP contribution in [0.5, 0.6) is 0 Å². The smallest absolute Gasteiger partial charge is 0.108 e. The summed E-state index contributed by atoms with van der Waals surface area (Å²) in [6, 6.07) is 8.50. The van der Waals surface area contributed by atoms with Crippen molar-refractivity contribution in [1.82, 2.24) is 0 Å². The van der Waals surface area contributed by atoms with Crippen LogP contribution in [0.25, 0.3) is 0 Å². The molecule has 0 amide bonds. The van der Waals surface area contributed by atoms with Crippen molar-refractivity contribution < 1.29 is 10.2 Å². The van der Waals surface area contributed by atoms with Gasteiger partial charge in [-0.25, -0.2) is 0 Å². The molecule has 4 nitrogen and oxygen atoms in total. The zero-order valence-corrected chi connectivity index (χ0v) is 7.59. The standard InChI is InChI=1S/C10H12N2O2/c11-6-5-9(13)10(14)7-3-1-2-4-8(7)12/h1-4,9-10,13-14H,5,12H2. The van der Waals surface area contributed by atoms with Crippen molar-refractivity contribution in [1.29, 1.82) is 5.26 Å². The van der Waals surface area contributed by atoms with E-state index in [2.05, 4.69) is 0 Å². The van der Waals surface area contributed by atoms with Crippen molar-refractivity contribution in [2.45, 2.75) is 18.6 Å². The summed E-state index contributed by atoms with van der Waals surface area (Å²) in [5, 5.41) is 27.3. The third-order valence-corrected chi connectivity index (χ3v) is 1.98. The van der Waals surface area contributed by atoms with E-state index in [9.17, 15) is 10.2 Å². The zero-order valence-electron chi connectivity index (χ0n) is 7.59. The second kappa shape index (κ2) is 4.61. The average Bonchev–Trinajstić information content (AvgIpc) is 2.18. The van der Waals surface area contributed by atoms with Crippen LogP contribution in [-0.2, 0) is 0 Å². The quantitative estimate of drug-likeness (QED) is 0.611. The summed E-state index contributed by atoms with van der Waals surface area (Å²) < 4.78 is 0. The largest absolute Gasteiger partial charge is 0.398 e. The number of benzene rings is 1. The second-order valence-electron chi connectivity index (χ2n) is 3.00. The van der Waals surface area contributed by atoms with Gasteiger partial charge < -0.3 is 15.9 Å². The number of rotatable bonds is 3. The molecule has 0 aliphatic carbocycles. The minimum Gasteiger partial charge on any atom is -0.398 e. The first kappa shape index (κ1) is 10.5. The Labute approximate surface area is 82.2 Å². The molecule has 1 rings (SSSR count). The Morgan fingerprint density at radius 2 is 2.00 bits per heavy atom. The SMILES string of the molecule is N#CCC(O)C(O)c1ccccc1N. The normalized spacial score (nSPS) is 14.4. The van der Waals surface area contributed by atoms with Gasteiger partial charge in [0.15, 0.2) is 0 Å². The van der Waals surface area contributed by atoms with Gasteiger partial charge in [0, 0.05) is 11.3 Å². The fourth-order valence-electron chi connectivity index (χ4n) is 1.19. The minimum absolute atomic E-state index is 0.116. The summed E-state index contributed by atoms with van der Waals surface area (Å²) in [5.74, 6) is 0. The third kappa shape index (κ3) is 2.22. The molecule has 1 aromatic rings. The van der Waals surface area contributed by atoms with Crippen LogP contribution in [-0.4, -0.2) is 16.3 Å². The Morgan fingerprint density at radius 3 is 2.57 bits per heavy atom. The molecule has 0 spiro atoms. The van der Waals surface area contributed by atoms with E-state index >= 15 is 0 Å². The van der Waals surface area contributed by atoms with Gasteiger partial charge in [-0.1, -0.05) is 18.2 Å². The molecule has 4 heteroatoms. The molecule has 0 saturated carbocycles. The highest BCUT2D eigenvalue weighted by Crippen LogP contribution is 2.23. The molecular weight excluding hydrogens is 180 g/mol. The molecule has 0 heterocycles. The van der Waals surface area contributed by atoms with Crippen LogP contribution in [0.1, 0.15) is 18.1 Å². The van der Waals surface area contributed by atoms with Gasteiger partial charge in [0.1, 0.15) is 6.10 Å². The molecule has 1 aromatic carbocycles. The van der Waals surface area contributed by atoms with E-state index in [0.29, 0.717) is 11.3 Å². The van der Waals surface area contributed by atoms with E-state index in [-0.39, 0.29) is 6.42 Å². The topological polar surface area (TPSA) is 90.3 Å². The number of nitrogen functional groups attached to an aromatic ring is 1. The average molecular weight is 192 g/mol. The van der Waals surface area contributed by atoms with Crippen LogP contribution in [0.15, 0.2) is 24.3 Å². The van der Waals surface area contributed by atoms with Gasteiger partial charge >= 0.3 is 0 Å². The van der Waals surface area contributed by atoms with Gasteiger partial charge in [-0.3, -0.25) is 0 Å². The number of anilines is 1. The highest BCUT2D eigenvalue weighted by molar-refractivity contribution is 5.47. The molecular formula is C10H12N2O2. The van der Waals surface area contributed by atoms with Gasteiger partial charge in [-0.15, -0.1) is 0 Å². The lowest BCUT2D eigenvalue weighted by Crippen LogP contribution is -2.18. The van der Waals surface area contributed by atoms with Crippen LogP contribution < -0.4 is 5.73 Å². The zero-order chi connectivity index (χ0) is 10.6. The summed E-state index contributed by atoms with van der Waals surface area (Å²) in [6.07, 6.45) is -2.31. The summed E-state index contributed by atoms with van der Waals surface area (Å²) in [4.78, 5) is 0. The number of nitrogens with two attached hydrogens (primary N) is 1. The number of nitrogens with zero attached hydrogens (tertiary/aromatic N) is 1. The molecule has 0 fully saturated rings. The number of nitriles is 1. The van der Waals surface area contributed by atoms with E-state index in [1.807, 2.05) is 0 Å². The van der Waals surface area contributed by atoms with Gasteiger partial charge in [-0.2, -0.15) is 5.26 Å². The number of para-hydroxylation sites is 1. The van der Waals surface area contributed by atoms with Crippen molar-refractivity contribution in [3.8, 4) is 6.07 Å². The predicted octanol–water partition coefficient (Wildman–Crippen LogP) is 0.577. The van der Waals surface area contributed by atoms with Crippen LogP contribution in [0.3, 0.4) is 0 Å². The molecule has 14 heavy (non-hydrogen) atoms. The lowest BCUT2D eigenvalue weighted by molar-refractivity contribution is 0.0221. The van der Waals surface area contributed by atoms with E-state index < -0.39 is 12.2 Å². The molecule has 0 aliphatic rings. The maximum atomic E-state index is 9.62. The molecule has 0 aromatic heterocycles. The van der Waals surface area contributed by atoms with E-state index in [0.717, 1.165) is 0 Å². The lowest BCUT2D eigenvalue weighted by Gasteiger charge is -2.16. The van der Waals surface area contributed by atoms with E-state index in [1.165, 1.54) is 0 Å². The first-order valence-corrected chi connectivity index (χ1v) is 4.24. The summed E-state index contributed by atoms with van der Waals surface area (Å²) in [7, 11) is 0. The Kier molecular flexibility index (Phi) is 3.46. The monoisotopic (exact) mass is 192 g/mol. The number of hydrogen-bond acceptors (Lipinski definition) is 4. The molecule has 0 radical (unpaired) electrons. The Bertz CT molecular complexity index is 346. The number of aliphatic hydroxyl groups is 2. The van der Waals surface area contributed by atoms with Gasteiger partial charge in [0.25, 0.3) is 0 Å². The summed E-state index contributed by atoms with van der Waals surface area (Å²) >= 11 is 0. The molecule has 74 valence electrons. The molecule has 2 unspecified atom stereocenters. The fraction of sp³-hybridized carbons (Fsp3) is 0.300. The summed E-state index contributed by atoms with van der Waals surface area (Å²) in [6.45, 7) is 0. The predicted molar refractivity (Wildman–Crippen MR) is 52.1 cm³/mol. The van der Waals surface area contributed by atoms with Crippen molar-refractivity contribution in [2.24, 2.45) is 0 Å². The Morgan fingerprint density at radius 1 is 1.36 bits per heavy atom. The third-order valence-electron chi connectivity index (χ3n) is 1.98. The molecule has 2 atom stereocenters. The lowest BCUT2D eigenvalue weighted by atomic mass is 10.0. The van der Waals surface area contributed by atoms with Crippen LogP contribution in [0.2, 0.25) is 0 Å². The van der Waals surface area contributed by atoms with Crippen molar-refractivity contribution in [3.63, 3.8) is 0 Å². The van der Waals surface area contributed by atoms with Crippen molar-refractivity contribution >= 4 is 5.69 Å². The van der Waals surface area contributed by atoms with Gasteiger partial charge in [0.2, 0.25) is 0 Å². The second-order valence-corrected chi connectivity index (χ2v) is 3.00. The highest BCUT2D eigenvalue weighted by atomic mass is 16.3. The maximum absolute atomic E-state index is 9.62. The van der Waals surface area contributed by atoms with Crippen LogP contribution >= 0.6 is 0 Å². The Balaban J connectivity index is 2.84. The van der Waals surface area contributed by atoms with E-state index in [1.54, 1.807) is 30.3 Å². The number of hydrogen-bond donors (Lipinski definition) is 3. The van der Waals surface area contributed by atoms with E-state index in [4.69, 9.17) is 11.0 Å². The highest BCUT2D eigenvalue weighted by Gasteiger charge is 2.19. The first-order valence-electron chi connectivity index (χ1n) is 4.24. The first-order chi connectivity index (χ1) is 6.66. The van der Waals surface area contributed by atoms with Gasteiger partial charge in [-0.05, 0) is 6.07 Å². The maximum Gasteiger partial charge on any atom is 0.108 e. The fourth-order valence-corrected chi connectivity index (χ4v) is 1.19. The van der Waals surface area contributed by atoms with Crippen LogP contribution in [0.4, 0.5) is 5.69 Å². The molecule has 4 N–H and O–H groups in total. The minimum atomic E-state index is -1.10. The molecule has 0 saturated heterocycles. The molecule has 0 bridgehead atoms. The molecule has 0 aliphatic heterocycles.